The van der Waals surface area contributed by atoms with Crippen LogP contribution in [0, 0.1) is 18.8 Å². The van der Waals surface area contributed by atoms with Crippen molar-refractivity contribution in [2.24, 2.45) is 18.9 Å². The molecule has 5 aliphatic heterocycles. The van der Waals surface area contributed by atoms with Crippen LogP contribution in [0.1, 0.15) is 102 Å². The van der Waals surface area contributed by atoms with Crippen molar-refractivity contribution < 1.29 is 28.7 Å². The number of hydrogen-bond acceptors (Lipinski definition) is 12. The highest BCUT2D eigenvalue weighted by molar-refractivity contribution is 6.23. The van der Waals surface area contributed by atoms with Gasteiger partial charge in [0.2, 0.25) is 23.6 Å². The summed E-state index contributed by atoms with van der Waals surface area (Å²) >= 11 is 0. The Bertz CT molecular complexity index is 2780. The predicted molar refractivity (Wildman–Crippen MR) is 252 cm³/mol. The van der Waals surface area contributed by atoms with Crippen LogP contribution in [0.5, 0.6) is 5.88 Å². The van der Waals surface area contributed by atoms with E-state index < -0.39 is 29.7 Å². The number of amides is 5. The minimum absolute atomic E-state index is 0.0891. The highest BCUT2D eigenvalue weighted by atomic mass is 16.5. The number of imidazole rings is 1. The molecule has 3 saturated heterocycles. The van der Waals surface area contributed by atoms with Crippen LogP contribution in [0.3, 0.4) is 0 Å². The third-order valence-electron chi connectivity index (χ3n) is 14.5. The molecule has 4 atom stereocenters. The topological polar surface area (TPSA) is 180 Å². The lowest BCUT2D eigenvalue weighted by Crippen LogP contribution is -2.58. The maximum Gasteiger partial charge on any atom is 0.262 e. The van der Waals surface area contributed by atoms with Gasteiger partial charge in [-0.3, -0.25) is 54.3 Å². The first kappa shape index (κ1) is 44.4. The molecule has 3 aromatic heterocycles. The number of likely N-dealkylation sites (tertiary alicyclic amines) is 1. The van der Waals surface area contributed by atoms with Crippen molar-refractivity contribution in [2.45, 2.75) is 97.4 Å². The van der Waals surface area contributed by atoms with Gasteiger partial charge in [0.1, 0.15) is 6.04 Å². The number of carbonyl (C=O) groups excluding carboxylic acids is 5. The van der Waals surface area contributed by atoms with E-state index in [4.69, 9.17) is 14.7 Å². The number of pyridine rings is 1. The van der Waals surface area contributed by atoms with E-state index in [1.54, 1.807) is 35.1 Å². The highest BCUT2D eigenvalue weighted by Gasteiger charge is 2.45. The van der Waals surface area contributed by atoms with Gasteiger partial charge in [0.25, 0.3) is 17.7 Å². The number of hydrogen-bond donors (Lipinski definition) is 2. The number of rotatable bonds is 6. The molecule has 0 saturated carbocycles. The number of fused-ring (bicyclic) bond motifs is 8. The lowest BCUT2D eigenvalue weighted by molar-refractivity contribution is -0.136. The number of aryl methyl sites for hydroxylation is 2. The maximum atomic E-state index is 13.9. The molecular weight excluding hydrogens is 851 g/mol. The first-order valence-electron chi connectivity index (χ1n) is 23.8. The molecule has 2 bridgehead atoms. The van der Waals surface area contributed by atoms with Gasteiger partial charge in [-0.1, -0.05) is 13.0 Å². The fourth-order valence-corrected chi connectivity index (χ4v) is 10.9. The van der Waals surface area contributed by atoms with Gasteiger partial charge in [-0.15, -0.1) is 0 Å². The van der Waals surface area contributed by atoms with E-state index >= 15 is 0 Å². The van der Waals surface area contributed by atoms with E-state index in [9.17, 15) is 24.0 Å². The van der Waals surface area contributed by atoms with E-state index in [0.29, 0.717) is 59.2 Å². The first-order valence-corrected chi connectivity index (χ1v) is 23.8. The second kappa shape index (κ2) is 18.0. The Morgan fingerprint density at radius 3 is 2.36 bits per heavy atom. The van der Waals surface area contributed by atoms with Crippen molar-refractivity contribution in [1.82, 2.24) is 44.3 Å². The van der Waals surface area contributed by atoms with Crippen LogP contribution in [0.2, 0.25) is 0 Å². The van der Waals surface area contributed by atoms with Crippen molar-refractivity contribution in [3.05, 3.63) is 82.7 Å². The van der Waals surface area contributed by atoms with Crippen molar-refractivity contribution in [1.29, 1.82) is 0 Å². The molecule has 17 nitrogen and oxygen atoms in total. The molecule has 0 aliphatic carbocycles. The number of nitrogens with one attached hydrogen (secondary N) is 2. The van der Waals surface area contributed by atoms with Crippen LogP contribution < -0.4 is 20.3 Å². The van der Waals surface area contributed by atoms with Gasteiger partial charge in [0.05, 0.1) is 46.2 Å². The van der Waals surface area contributed by atoms with Crippen LogP contribution in [-0.4, -0.2) is 126 Å². The molecular formula is C50H59N11O6. The quantitative estimate of drug-likeness (QED) is 0.207. The number of imide groups is 2. The van der Waals surface area contributed by atoms with Gasteiger partial charge in [-0.05, 0) is 126 Å². The smallest absolute Gasteiger partial charge is 0.262 e. The molecule has 0 radical (unpaired) electrons. The molecule has 5 aromatic rings. The molecule has 3 fully saturated rings. The van der Waals surface area contributed by atoms with Crippen molar-refractivity contribution >= 4 is 52.2 Å². The Kier molecular flexibility index (Phi) is 11.9. The third-order valence-corrected chi connectivity index (χ3v) is 14.5. The van der Waals surface area contributed by atoms with Crippen molar-refractivity contribution in [3.8, 4) is 17.1 Å². The molecule has 5 aliphatic rings. The summed E-state index contributed by atoms with van der Waals surface area (Å²) in [6.45, 7) is 15.3. The van der Waals surface area contributed by atoms with Gasteiger partial charge in [-0.2, -0.15) is 5.10 Å². The number of carbonyl (C=O) groups is 5. The fourth-order valence-electron chi connectivity index (χ4n) is 10.9. The summed E-state index contributed by atoms with van der Waals surface area (Å²) in [5.74, 6) is -0.164. The Labute approximate surface area is 389 Å². The minimum Gasteiger partial charge on any atom is -0.477 e. The number of anilines is 2. The normalized spacial score (nSPS) is 23.6. The number of nitrogens with zero attached hydrogens (tertiary/aromatic N) is 9. The summed E-state index contributed by atoms with van der Waals surface area (Å²) in [7, 11) is 1.85. The summed E-state index contributed by atoms with van der Waals surface area (Å²) in [4.78, 5) is 83.3. The zero-order chi connectivity index (χ0) is 46.7. The summed E-state index contributed by atoms with van der Waals surface area (Å²) in [6, 6.07) is 15.1. The predicted octanol–water partition coefficient (Wildman–Crippen LogP) is 5.41. The van der Waals surface area contributed by atoms with E-state index in [1.807, 2.05) is 20.0 Å². The molecule has 3 unspecified atom stereocenters. The van der Waals surface area contributed by atoms with Crippen LogP contribution in [0.4, 0.5) is 11.6 Å². The zero-order valence-corrected chi connectivity index (χ0v) is 39.0. The van der Waals surface area contributed by atoms with Crippen molar-refractivity contribution in [2.75, 3.05) is 49.5 Å². The van der Waals surface area contributed by atoms with Crippen LogP contribution in [-0.2, 0) is 29.7 Å². The molecule has 17 heteroatoms. The van der Waals surface area contributed by atoms with E-state index in [-0.39, 0.29) is 30.8 Å². The Morgan fingerprint density at radius 2 is 1.58 bits per heavy atom. The average molecular weight is 910 g/mol. The molecule has 8 heterocycles. The zero-order valence-electron chi connectivity index (χ0n) is 39.0. The average Bonchev–Trinajstić information content (AvgIpc) is 3.92. The van der Waals surface area contributed by atoms with E-state index in [0.717, 1.165) is 97.8 Å². The van der Waals surface area contributed by atoms with Gasteiger partial charge in [0.15, 0.2) is 0 Å². The summed E-state index contributed by atoms with van der Waals surface area (Å²) < 4.78 is 10.2. The standard InChI is InChI=1S/C50H59N11O6/c1-29-7-6-18-67-49-39(23-51-56(49)5)41-21-35(19-30(2)52-41)45(63)55-50-53-40-11-8-34(20-43(40)60(50)24-29)27-57-16-14-33(15-17-57)28-59-31(3)25-58(26-32(59)4)36-9-10-37-38(22-36)48(66)61(47(37)65)42-12-13-44(62)54-46(42)64/h8-11,19-23,29,31-33,42H,6-7,12-18,24-28H2,1-5H3,(H,53,55,63)(H,54,62,64)/t29-,31?,32?,42?/m1/s1. The first-order chi connectivity index (χ1) is 32.3. The van der Waals surface area contributed by atoms with Crippen LogP contribution in [0.15, 0.2) is 54.7 Å². The third kappa shape index (κ3) is 8.70. The van der Waals surface area contributed by atoms with Crippen LogP contribution >= 0.6 is 0 Å². The van der Waals surface area contributed by atoms with Crippen LogP contribution in [0.25, 0.3) is 22.3 Å². The Morgan fingerprint density at radius 1 is 0.806 bits per heavy atom. The largest absolute Gasteiger partial charge is 0.477 e. The molecule has 5 amide bonds. The van der Waals surface area contributed by atoms with Gasteiger partial charge in [-0.25, -0.2) is 9.67 Å². The monoisotopic (exact) mass is 909 g/mol. The summed E-state index contributed by atoms with van der Waals surface area (Å²) in [5.41, 5.74) is 7.17. The summed E-state index contributed by atoms with van der Waals surface area (Å²) in [5, 5.41) is 9.85. The Balaban J connectivity index is 0.772. The van der Waals surface area contributed by atoms with Crippen molar-refractivity contribution in [3.63, 3.8) is 0 Å². The minimum atomic E-state index is -0.982. The number of benzene rings is 2. The van der Waals surface area contributed by atoms with E-state index in [1.165, 1.54) is 5.56 Å². The molecule has 10 rings (SSSR count). The lowest BCUT2D eigenvalue weighted by atomic mass is 9.93. The summed E-state index contributed by atoms with van der Waals surface area (Å²) in [6.07, 6.45) is 5.98. The molecule has 67 heavy (non-hydrogen) atoms. The number of piperidine rings is 2. The molecule has 2 aromatic carbocycles. The number of aromatic nitrogens is 5. The molecule has 2 N–H and O–H groups in total. The second-order valence-electron chi connectivity index (χ2n) is 19.5. The fraction of sp³-hybridized carbons (Fsp3) is 0.480. The maximum absolute atomic E-state index is 13.9. The second-order valence-corrected chi connectivity index (χ2v) is 19.5. The SMILES string of the molecule is Cc1cc2cc(n1)-c1cnn(C)c1OCCC[C@@H](C)Cn1c(nc3ccc(CN4CCC(CN5C(C)CN(c6ccc7c(c6)C(=O)N(C6CCC(=O)NC6=O)C7=O)CC5C)CC4)cc31)NC2=O. The van der Waals surface area contributed by atoms with E-state index in [2.05, 4.69) is 74.0 Å². The molecule has 350 valence electrons. The molecule has 0 spiro atoms. The number of piperazine rings is 1. The van der Waals surface area contributed by atoms with Gasteiger partial charge in [0, 0.05) is 75.2 Å². The lowest BCUT2D eigenvalue weighted by Gasteiger charge is -2.47. The van der Waals surface area contributed by atoms with Gasteiger partial charge < -0.3 is 14.2 Å². The highest BCUT2D eigenvalue weighted by Crippen LogP contribution is 2.34. The van der Waals surface area contributed by atoms with Gasteiger partial charge >= 0.3 is 0 Å². The number of ether oxygens (including phenoxy) is 1. The Hall–Kier alpha value is -6.46.